The van der Waals surface area contributed by atoms with E-state index in [4.69, 9.17) is 0 Å². The van der Waals surface area contributed by atoms with Gasteiger partial charge in [-0.25, -0.2) is 4.98 Å². The van der Waals surface area contributed by atoms with E-state index >= 15 is 0 Å². The molecule has 0 unspecified atom stereocenters. The van der Waals surface area contributed by atoms with Gasteiger partial charge in [0.2, 0.25) is 0 Å². The van der Waals surface area contributed by atoms with Gasteiger partial charge in [-0.3, -0.25) is 0 Å². The van der Waals surface area contributed by atoms with E-state index in [0.29, 0.717) is 5.92 Å². The van der Waals surface area contributed by atoms with Gasteiger partial charge in [0.05, 0.1) is 11.0 Å². The standard InChI is InChI=1S/C18H19N7/c1-2-5-14-13(4-1)20-16(21-14)6-3-11-19-15-9-10-17-22-23-18(12-7-8-12)25(17)24-15/h1-2,4-5,9-10,12H,3,6-8,11H2,(H,19,24)(H,20,21). The Labute approximate surface area is 144 Å². The largest absolute Gasteiger partial charge is 0.369 e. The van der Waals surface area contributed by atoms with Gasteiger partial charge in [-0.2, -0.15) is 4.52 Å². The molecule has 0 saturated heterocycles. The zero-order chi connectivity index (χ0) is 16.6. The summed E-state index contributed by atoms with van der Waals surface area (Å²) in [5.74, 6) is 3.41. The smallest absolute Gasteiger partial charge is 0.178 e. The fourth-order valence-corrected chi connectivity index (χ4v) is 3.09. The molecule has 0 amide bonds. The Balaban J connectivity index is 1.22. The monoisotopic (exact) mass is 333 g/mol. The summed E-state index contributed by atoms with van der Waals surface area (Å²) in [5.41, 5.74) is 2.94. The average Bonchev–Trinajstić information content (AvgIpc) is 3.26. The molecule has 1 fully saturated rings. The number of aromatic nitrogens is 6. The lowest BCUT2D eigenvalue weighted by atomic mass is 10.3. The van der Waals surface area contributed by atoms with Crippen LogP contribution in [0.5, 0.6) is 0 Å². The molecule has 0 radical (unpaired) electrons. The van der Waals surface area contributed by atoms with Crippen LogP contribution >= 0.6 is 0 Å². The number of aromatic amines is 1. The summed E-state index contributed by atoms with van der Waals surface area (Å²) in [7, 11) is 0. The Hall–Kier alpha value is -2.96. The number of nitrogens with zero attached hydrogens (tertiary/aromatic N) is 5. The maximum absolute atomic E-state index is 4.63. The second-order valence-electron chi connectivity index (χ2n) is 6.55. The van der Waals surface area contributed by atoms with Gasteiger partial charge >= 0.3 is 0 Å². The first kappa shape index (κ1) is 14.4. The van der Waals surface area contributed by atoms with Crippen molar-refractivity contribution in [3.8, 4) is 0 Å². The highest BCUT2D eigenvalue weighted by molar-refractivity contribution is 5.74. The Morgan fingerprint density at radius 2 is 2.04 bits per heavy atom. The summed E-state index contributed by atoms with van der Waals surface area (Å²) in [4.78, 5) is 7.98. The molecule has 7 nitrogen and oxygen atoms in total. The second-order valence-corrected chi connectivity index (χ2v) is 6.55. The van der Waals surface area contributed by atoms with Crippen molar-refractivity contribution in [2.75, 3.05) is 11.9 Å². The van der Waals surface area contributed by atoms with Gasteiger partial charge in [0.25, 0.3) is 0 Å². The lowest BCUT2D eigenvalue weighted by molar-refractivity contribution is 0.794. The molecule has 7 heteroatoms. The van der Waals surface area contributed by atoms with Crippen LogP contribution in [0.25, 0.3) is 16.7 Å². The summed E-state index contributed by atoms with van der Waals surface area (Å²) < 4.78 is 1.87. The Morgan fingerprint density at radius 1 is 1.12 bits per heavy atom. The third-order valence-corrected chi connectivity index (χ3v) is 4.56. The molecule has 25 heavy (non-hydrogen) atoms. The quantitative estimate of drug-likeness (QED) is 0.530. The normalized spacial score (nSPS) is 14.4. The van der Waals surface area contributed by atoms with E-state index in [1.54, 1.807) is 0 Å². The van der Waals surface area contributed by atoms with Crippen LogP contribution in [0.1, 0.15) is 36.8 Å². The summed E-state index contributed by atoms with van der Waals surface area (Å²) in [6, 6.07) is 12.0. The van der Waals surface area contributed by atoms with E-state index in [9.17, 15) is 0 Å². The van der Waals surface area contributed by atoms with Crippen LogP contribution in [-0.2, 0) is 6.42 Å². The zero-order valence-electron chi connectivity index (χ0n) is 13.8. The summed E-state index contributed by atoms with van der Waals surface area (Å²) in [5, 5.41) is 16.5. The minimum absolute atomic E-state index is 0.533. The number of rotatable bonds is 6. The van der Waals surface area contributed by atoms with E-state index in [2.05, 4.69) is 36.6 Å². The molecular weight excluding hydrogens is 314 g/mol. The van der Waals surface area contributed by atoms with Crippen LogP contribution in [0.15, 0.2) is 36.4 Å². The van der Waals surface area contributed by atoms with Crippen molar-refractivity contribution < 1.29 is 0 Å². The topological polar surface area (TPSA) is 83.8 Å². The van der Waals surface area contributed by atoms with E-state index in [1.807, 2.05) is 34.8 Å². The predicted molar refractivity (Wildman–Crippen MR) is 95.7 cm³/mol. The minimum atomic E-state index is 0.533. The summed E-state index contributed by atoms with van der Waals surface area (Å²) in [6.07, 6.45) is 4.27. The number of hydrogen-bond donors (Lipinski definition) is 2. The first-order chi connectivity index (χ1) is 12.4. The number of para-hydroxylation sites is 2. The van der Waals surface area contributed by atoms with Crippen molar-refractivity contribution in [3.63, 3.8) is 0 Å². The molecule has 5 rings (SSSR count). The molecule has 0 spiro atoms. The van der Waals surface area contributed by atoms with Crippen LogP contribution in [0.4, 0.5) is 5.82 Å². The van der Waals surface area contributed by atoms with Gasteiger partial charge in [-0.15, -0.1) is 15.3 Å². The first-order valence-corrected chi connectivity index (χ1v) is 8.77. The third kappa shape index (κ3) is 2.82. The highest BCUT2D eigenvalue weighted by Gasteiger charge is 2.29. The van der Waals surface area contributed by atoms with Gasteiger partial charge in [0.1, 0.15) is 11.6 Å². The predicted octanol–water partition coefficient (Wildman–Crippen LogP) is 2.92. The maximum atomic E-state index is 4.63. The van der Waals surface area contributed by atoms with Crippen molar-refractivity contribution in [2.24, 2.45) is 0 Å². The number of aryl methyl sites for hydroxylation is 1. The number of anilines is 1. The molecular formula is C18H19N7. The van der Waals surface area contributed by atoms with Crippen molar-refractivity contribution in [2.45, 2.75) is 31.6 Å². The maximum Gasteiger partial charge on any atom is 0.178 e. The molecule has 3 heterocycles. The van der Waals surface area contributed by atoms with Crippen LogP contribution in [0, 0.1) is 0 Å². The van der Waals surface area contributed by atoms with Gasteiger partial charge < -0.3 is 10.3 Å². The van der Waals surface area contributed by atoms with E-state index < -0.39 is 0 Å². The molecule has 2 N–H and O–H groups in total. The number of benzene rings is 1. The number of nitrogens with one attached hydrogen (secondary N) is 2. The number of hydrogen-bond acceptors (Lipinski definition) is 5. The molecule has 0 aliphatic heterocycles. The molecule has 1 saturated carbocycles. The van der Waals surface area contributed by atoms with Gasteiger partial charge in [0, 0.05) is 18.9 Å². The molecule has 0 atom stereocenters. The van der Waals surface area contributed by atoms with Gasteiger partial charge in [0.15, 0.2) is 11.5 Å². The average molecular weight is 333 g/mol. The molecule has 1 aliphatic carbocycles. The SMILES string of the molecule is c1ccc2[nH]c(CCCNc3ccc4nnc(C5CC5)n4n3)nc2c1. The van der Waals surface area contributed by atoms with Crippen LogP contribution in [-0.4, -0.2) is 36.3 Å². The lowest BCUT2D eigenvalue weighted by Gasteiger charge is -2.05. The van der Waals surface area contributed by atoms with Crippen LogP contribution in [0.3, 0.4) is 0 Å². The molecule has 0 bridgehead atoms. The molecule has 4 aromatic rings. The van der Waals surface area contributed by atoms with Gasteiger partial charge in [-0.05, 0) is 43.5 Å². The Bertz CT molecular complexity index is 995. The summed E-state index contributed by atoms with van der Waals surface area (Å²) in [6.45, 7) is 0.844. The van der Waals surface area contributed by atoms with Crippen molar-refractivity contribution in [3.05, 3.63) is 48.0 Å². The van der Waals surface area contributed by atoms with Crippen molar-refractivity contribution >= 4 is 22.5 Å². The van der Waals surface area contributed by atoms with E-state index in [1.165, 1.54) is 12.8 Å². The Morgan fingerprint density at radius 3 is 2.92 bits per heavy atom. The van der Waals surface area contributed by atoms with Crippen LogP contribution < -0.4 is 5.32 Å². The summed E-state index contributed by atoms with van der Waals surface area (Å²) >= 11 is 0. The zero-order valence-corrected chi connectivity index (χ0v) is 13.8. The lowest BCUT2D eigenvalue weighted by Crippen LogP contribution is -2.08. The molecule has 126 valence electrons. The van der Waals surface area contributed by atoms with Crippen LogP contribution in [0.2, 0.25) is 0 Å². The van der Waals surface area contributed by atoms with Crippen molar-refractivity contribution in [1.82, 2.24) is 29.8 Å². The van der Waals surface area contributed by atoms with Gasteiger partial charge in [-0.1, -0.05) is 12.1 Å². The number of fused-ring (bicyclic) bond motifs is 2. The Kier molecular flexibility index (Phi) is 3.36. The fraction of sp³-hybridized carbons (Fsp3) is 0.333. The second kappa shape index (κ2) is 5.84. The highest BCUT2D eigenvalue weighted by atomic mass is 15.4. The first-order valence-electron chi connectivity index (χ1n) is 8.77. The van der Waals surface area contributed by atoms with E-state index in [-0.39, 0.29) is 0 Å². The van der Waals surface area contributed by atoms with Crippen molar-refractivity contribution in [1.29, 1.82) is 0 Å². The number of imidazole rings is 1. The number of H-pyrrole nitrogens is 1. The third-order valence-electron chi connectivity index (χ3n) is 4.56. The highest BCUT2D eigenvalue weighted by Crippen LogP contribution is 2.38. The fourth-order valence-electron chi connectivity index (χ4n) is 3.09. The van der Waals surface area contributed by atoms with E-state index in [0.717, 1.165) is 53.5 Å². The molecule has 3 aromatic heterocycles. The molecule has 1 aliphatic rings. The minimum Gasteiger partial charge on any atom is -0.369 e. The molecule has 1 aromatic carbocycles.